The molecule has 168 valence electrons. The van der Waals surface area contributed by atoms with Crippen molar-refractivity contribution in [3.63, 3.8) is 0 Å². The first-order valence-corrected chi connectivity index (χ1v) is 13.2. The fraction of sp³-hybridized carbons (Fsp3) is 1.00. The van der Waals surface area contributed by atoms with Gasteiger partial charge in [0.25, 0.3) is 0 Å². The molecule has 0 rings (SSSR count). The molecule has 0 bridgehead atoms. The topological polar surface area (TPSA) is 29.4 Å². The third-order valence-corrected chi connectivity index (χ3v) is 6.18. The van der Waals surface area contributed by atoms with Crippen molar-refractivity contribution >= 4 is 0 Å². The zero-order chi connectivity index (χ0) is 20.5. The number of unbranched alkanes of at least 4 members (excludes halogenated alkanes) is 19. The average Bonchev–Trinajstić information content (AvgIpc) is 2.71. The Bertz CT molecular complexity index is 292. The van der Waals surface area contributed by atoms with Crippen molar-refractivity contribution in [1.29, 1.82) is 0 Å². The minimum Gasteiger partial charge on any atom is -0.151 e. The first-order chi connectivity index (χ1) is 13.8. The van der Waals surface area contributed by atoms with Crippen LogP contribution in [0.2, 0.25) is 0 Å². The van der Waals surface area contributed by atoms with Crippen molar-refractivity contribution in [2.75, 3.05) is 0 Å². The fourth-order valence-electron chi connectivity index (χ4n) is 4.16. The maximum Gasteiger partial charge on any atom is 0.0919 e. The van der Waals surface area contributed by atoms with Crippen molar-refractivity contribution in [3.8, 4) is 0 Å². The monoisotopic (exact) mass is 395 g/mol. The molecule has 0 radical (unpaired) electrons. The van der Waals surface area contributed by atoms with Gasteiger partial charge in [-0.3, -0.25) is 0 Å². The van der Waals surface area contributed by atoms with Crippen LogP contribution in [0.3, 0.4) is 0 Å². The van der Waals surface area contributed by atoms with Crippen molar-refractivity contribution in [2.24, 2.45) is 5.18 Å². The van der Waals surface area contributed by atoms with Crippen LogP contribution in [0.1, 0.15) is 162 Å². The van der Waals surface area contributed by atoms with Crippen LogP contribution < -0.4 is 0 Å². The van der Waals surface area contributed by atoms with E-state index >= 15 is 0 Å². The second-order valence-corrected chi connectivity index (χ2v) is 9.05. The summed E-state index contributed by atoms with van der Waals surface area (Å²) in [7, 11) is 0. The summed E-state index contributed by atoms with van der Waals surface area (Å²) in [6.07, 6.45) is 30.7. The molecule has 2 heteroatoms. The number of nitroso groups, excluding NO2 is 1. The summed E-state index contributed by atoms with van der Waals surface area (Å²) in [6, 6.07) is 0.0904. The predicted molar refractivity (Wildman–Crippen MR) is 127 cm³/mol. The molecule has 0 aromatic heterocycles. The molecule has 0 saturated carbocycles. The lowest BCUT2D eigenvalue weighted by atomic mass is 10.00. The van der Waals surface area contributed by atoms with E-state index in [1.807, 2.05) is 0 Å². The van der Waals surface area contributed by atoms with E-state index in [4.69, 9.17) is 0 Å². The Balaban J connectivity index is 3.28. The zero-order valence-electron chi connectivity index (χ0n) is 19.7. The Kier molecular flexibility index (Phi) is 24.3. The van der Waals surface area contributed by atoms with Crippen LogP contribution in [0, 0.1) is 4.91 Å². The van der Waals surface area contributed by atoms with Gasteiger partial charge in [0.2, 0.25) is 0 Å². The van der Waals surface area contributed by atoms with Gasteiger partial charge in [0.15, 0.2) is 0 Å². The minimum absolute atomic E-state index is 0.0904. The van der Waals surface area contributed by atoms with E-state index in [9.17, 15) is 4.91 Å². The highest BCUT2D eigenvalue weighted by Crippen LogP contribution is 2.17. The number of rotatable bonds is 24. The van der Waals surface area contributed by atoms with Crippen LogP contribution in [-0.4, -0.2) is 6.04 Å². The fourth-order valence-corrected chi connectivity index (χ4v) is 4.16. The summed E-state index contributed by atoms with van der Waals surface area (Å²) in [6.45, 7) is 4.56. The van der Waals surface area contributed by atoms with Crippen molar-refractivity contribution in [3.05, 3.63) is 4.91 Å². The Labute approximate surface area is 178 Å². The summed E-state index contributed by atoms with van der Waals surface area (Å²) in [5, 5.41) is 3.40. The molecule has 0 aliphatic rings. The van der Waals surface area contributed by atoms with Crippen molar-refractivity contribution in [2.45, 2.75) is 168 Å². The van der Waals surface area contributed by atoms with Gasteiger partial charge < -0.3 is 0 Å². The van der Waals surface area contributed by atoms with Gasteiger partial charge in [0.1, 0.15) is 0 Å². The van der Waals surface area contributed by atoms with Gasteiger partial charge in [0, 0.05) is 0 Å². The Morgan fingerprint density at radius 1 is 0.429 bits per heavy atom. The SMILES string of the molecule is CCCCCCCCCCCCCC(CCCCCCCCCCCC)N=O. The summed E-state index contributed by atoms with van der Waals surface area (Å²) in [5.41, 5.74) is 0. The molecule has 0 aliphatic heterocycles. The van der Waals surface area contributed by atoms with E-state index in [1.165, 1.54) is 135 Å². The first kappa shape index (κ1) is 27.6. The molecule has 28 heavy (non-hydrogen) atoms. The smallest absolute Gasteiger partial charge is 0.0919 e. The molecule has 0 heterocycles. The molecule has 1 unspecified atom stereocenters. The van der Waals surface area contributed by atoms with E-state index in [2.05, 4.69) is 19.0 Å². The van der Waals surface area contributed by atoms with E-state index < -0.39 is 0 Å². The van der Waals surface area contributed by atoms with Crippen LogP contribution in [0.4, 0.5) is 0 Å². The predicted octanol–water partition coefficient (Wildman–Crippen LogP) is 10.1. The maximum absolute atomic E-state index is 11.1. The summed E-state index contributed by atoms with van der Waals surface area (Å²) in [5.74, 6) is 0. The van der Waals surface area contributed by atoms with Crippen LogP contribution in [0.25, 0.3) is 0 Å². The Morgan fingerprint density at radius 3 is 0.929 bits per heavy atom. The number of hydrogen-bond donors (Lipinski definition) is 0. The standard InChI is InChI=1S/C26H53NO/c1-3-5-7-9-11-13-15-17-19-21-23-25-26(27-28)24-22-20-18-16-14-12-10-8-6-4-2/h26H,3-25H2,1-2H3. The normalized spacial score (nSPS) is 12.4. The highest BCUT2D eigenvalue weighted by Gasteiger charge is 2.08. The van der Waals surface area contributed by atoms with Gasteiger partial charge in [-0.15, -0.1) is 0 Å². The molecular formula is C26H53NO. The van der Waals surface area contributed by atoms with Crippen molar-refractivity contribution < 1.29 is 0 Å². The van der Waals surface area contributed by atoms with E-state index in [1.54, 1.807) is 0 Å². The largest absolute Gasteiger partial charge is 0.151 e. The zero-order valence-corrected chi connectivity index (χ0v) is 19.7. The minimum atomic E-state index is 0.0904. The molecule has 0 spiro atoms. The summed E-state index contributed by atoms with van der Waals surface area (Å²) >= 11 is 0. The highest BCUT2D eigenvalue weighted by atomic mass is 16.3. The van der Waals surface area contributed by atoms with Crippen LogP contribution in [-0.2, 0) is 0 Å². The van der Waals surface area contributed by atoms with E-state index in [0.29, 0.717) is 0 Å². The second kappa shape index (κ2) is 24.6. The molecule has 1 atom stereocenters. The molecule has 0 fully saturated rings. The molecule has 0 amide bonds. The van der Waals surface area contributed by atoms with Crippen molar-refractivity contribution in [1.82, 2.24) is 0 Å². The van der Waals surface area contributed by atoms with Gasteiger partial charge in [-0.25, -0.2) is 0 Å². The lowest BCUT2D eigenvalue weighted by molar-refractivity contribution is 0.478. The van der Waals surface area contributed by atoms with Crippen LogP contribution in [0.15, 0.2) is 5.18 Å². The van der Waals surface area contributed by atoms with Gasteiger partial charge in [-0.2, -0.15) is 4.91 Å². The van der Waals surface area contributed by atoms with Crippen LogP contribution in [0.5, 0.6) is 0 Å². The average molecular weight is 396 g/mol. The number of nitrogens with zero attached hydrogens (tertiary/aromatic N) is 1. The van der Waals surface area contributed by atoms with E-state index in [-0.39, 0.29) is 6.04 Å². The Morgan fingerprint density at radius 2 is 0.679 bits per heavy atom. The van der Waals surface area contributed by atoms with E-state index in [0.717, 1.165) is 12.8 Å². The molecule has 0 N–H and O–H groups in total. The quantitative estimate of drug-likeness (QED) is 0.118. The third-order valence-electron chi connectivity index (χ3n) is 6.18. The molecule has 0 aromatic rings. The number of hydrogen-bond acceptors (Lipinski definition) is 2. The van der Waals surface area contributed by atoms with Gasteiger partial charge in [0.05, 0.1) is 6.04 Å². The maximum atomic E-state index is 11.1. The first-order valence-electron chi connectivity index (χ1n) is 13.2. The highest BCUT2D eigenvalue weighted by molar-refractivity contribution is 4.66. The third kappa shape index (κ3) is 21.9. The summed E-state index contributed by atoms with van der Waals surface area (Å²) < 4.78 is 0. The second-order valence-electron chi connectivity index (χ2n) is 9.05. The lowest BCUT2D eigenvalue weighted by Crippen LogP contribution is -2.03. The lowest BCUT2D eigenvalue weighted by Gasteiger charge is -2.09. The molecule has 0 saturated heterocycles. The van der Waals surface area contributed by atoms with Gasteiger partial charge in [-0.05, 0) is 12.8 Å². The van der Waals surface area contributed by atoms with Gasteiger partial charge >= 0.3 is 0 Å². The summed E-state index contributed by atoms with van der Waals surface area (Å²) in [4.78, 5) is 11.1. The molecule has 0 aromatic carbocycles. The molecule has 2 nitrogen and oxygen atoms in total. The van der Waals surface area contributed by atoms with Gasteiger partial charge in [-0.1, -0.05) is 154 Å². The Hall–Kier alpha value is -0.400. The van der Waals surface area contributed by atoms with Crippen LogP contribution >= 0.6 is 0 Å². The molecule has 0 aliphatic carbocycles. The molecular weight excluding hydrogens is 342 g/mol.